The van der Waals surface area contributed by atoms with Gasteiger partial charge in [-0.25, -0.2) is 0 Å². The Morgan fingerprint density at radius 2 is 1.85 bits per heavy atom. The monoisotopic (exact) mass is 203 g/mol. The fraction of sp³-hybridized carbons (Fsp3) is 1.00. The smallest absolute Gasteiger partial charge is 0.674 e. The quantitative estimate of drug-likeness (QED) is 0.494. The van der Waals surface area contributed by atoms with Crippen LogP contribution in [-0.4, -0.2) is 6.04 Å². The second kappa shape index (κ2) is 3.05. The minimum atomic E-state index is 0. The molecule has 3 rings (SSSR count). The van der Waals surface area contributed by atoms with Crippen LogP contribution in [0.4, 0.5) is 0 Å². The summed E-state index contributed by atoms with van der Waals surface area (Å²) in [6.45, 7) is 7.10. The minimum absolute atomic E-state index is 0. The summed E-state index contributed by atoms with van der Waals surface area (Å²) in [6.07, 6.45) is 1.40. The number of hydrogen-bond donors (Lipinski definition) is 0. The van der Waals surface area contributed by atoms with Crippen LogP contribution in [-0.2, 0) is 0 Å². The van der Waals surface area contributed by atoms with Crippen LogP contribution in [0.2, 0.25) is 0 Å². The van der Waals surface area contributed by atoms with E-state index in [0.717, 1.165) is 23.7 Å². The van der Waals surface area contributed by atoms with Gasteiger partial charge in [0.05, 0.1) is 0 Å². The SMILES string of the molecule is CC1C([NH-])C2C3CC(C)(C)C3C12.[K+]. The molecule has 0 heterocycles. The van der Waals surface area contributed by atoms with Gasteiger partial charge in [0.1, 0.15) is 0 Å². The average molecular weight is 203 g/mol. The molecule has 3 aliphatic carbocycles. The van der Waals surface area contributed by atoms with E-state index in [0.29, 0.717) is 17.4 Å². The maximum absolute atomic E-state index is 7.89. The molecule has 0 aromatic heterocycles. The summed E-state index contributed by atoms with van der Waals surface area (Å²) >= 11 is 0. The number of fused-ring (bicyclic) bond motifs is 4. The van der Waals surface area contributed by atoms with Crippen molar-refractivity contribution in [1.29, 1.82) is 0 Å². The van der Waals surface area contributed by atoms with Crippen molar-refractivity contribution >= 4 is 0 Å². The normalized spacial score (nSPS) is 60.0. The van der Waals surface area contributed by atoms with E-state index >= 15 is 0 Å². The molecule has 6 atom stereocenters. The third-order valence-corrected chi connectivity index (χ3v) is 5.07. The Hall–Kier alpha value is 1.60. The predicted octanol–water partition coefficient (Wildman–Crippen LogP) is -0.0308. The van der Waals surface area contributed by atoms with Crippen molar-refractivity contribution in [2.45, 2.75) is 33.2 Å². The zero-order valence-electron chi connectivity index (χ0n) is 9.17. The summed E-state index contributed by atoms with van der Waals surface area (Å²) in [5.41, 5.74) is 8.52. The van der Waals surface area contributed by atoms with Gasteiger partial charge in [0.25, 0.3) is 0 Å². The molecule has 0 bridgehead atoms. The molecular formula is C11H18KN. The maximum Gasteiger partial charge on any atom is 1.00 e. The summed E-state index contributed by atoms with van der Waals surface area (Å²) in [6, 6.07) is 0.298. The van der Waals surface area contributed by atoms with E-state index in [1.54, 1.807) is 0 Å². The third-order valence-electron chi connectivity index (χ3n) is 5.07. The Balaban J connectivity index is 0.000000653. The molecule has 0 spiro atoms. The van der Waals surface area contributed by atoms with Gasteiger partial charge in [-0.2, -0.15) is 0 Å². The van der Waals surface area contributed by atoms with Crippen LogP contribution in [0.3, 0.4) is 0 Å². The Morgan fingerprint density at radius 3 is 2.38 bits per heavy atom. The van der Waals surface area contributed by atoms with Gasteiger partial charge in [-0.1, -0.05) is 32.6 Å². The van der Waals surface area contributed by atoms with E-state index < -0.39 is 0 Å². The van der Waals surface area contributed by atoms with Crippen molar-refractivity contribution in [3.05, 3.63) is 5.73 Å². The molecule has 68 valence electrons. The van der Waals surface area contributed by atoms with Crippen LogP contribution in [0.5, 0.6) is 0 Å². The van der Waals surface area contributed by atoms with Gasteiger partial charge in [-0.3, -0.25) is 0 Å². The molecule has 3 aliphatic rings. The second-order valence-electron chi connectivity index (χ2n) is 5.92. The van der Waals surface area contributed by atoms with Gasteiger partial charge < -0.3 is 5.73 Å². The van der Waals surface area contributed by atoms with Crippen molar-refractivity contribution in [3.63, 3.8) is 0 Å². The molecule has 1 nitrogen and oxygen atoms in total. The molecule has 3 fully saturated rings. The molecule has 0 saturated heterocycles. The van der Waals surface area contributed by atoms with Crippen LogP contribution in [0, 0.1) is 35.0 Å². The minimum Gasteiger partial charge on any atom is -0.674 e. The van der Waals surface area contributed by atoms with E-state index in [1.807, 2.05) is 0 Å². The first-order chi connectivity index (χ1) is 5.54. The zero-order chi connectivity index (χ0) is 8.67. The van der Waals surface area contributed by atoms with Crippen molar-refractivity contribution < 1.29 is 51.4 Å². The first-order valence-corrected chi connectivity index (χ1v) is 5.25. The van der Waals surface area contributed by atoms with E-state index in [4.69, 9.17) is 5.73 Å². The molecule has 1 N–H and O–H groups in total. The molecular weight excluding hydrogens is 185 g/mol. The molecule has 0 aliphatic heterocycles. The van der Waals surface area contributed by atoms with Crippen LogP contribution in [0.1, 0.15) is 27.2 Å². The van der Waals surface area contributed by atoms with Gasteiger partial charge in [-0.15, -0.1) is 6.04 Å². The summed E-state index contributed by atoms with van der Waals surface area (Å²) in [5, 5.41) is 0. The number of hydrogen-bond acceptors (Lipinski definition) is 0. The molecule has 3 saturated carbocycles. The fourth-order valence-electron chi connectivity index (χ4n) is 4.48. The summed E-state index contributed by atoms with van der Waals surface area (Å²) in [4.78, 5) is 0. The zero-order valence-corrected chi connectivity index (χ0v) is 12.3. The molecule has 0 amide bonds. The van der Waals surface area contributed by atoms with Crippen LogP contribution >= 0.6 is 0 Å². The van der Waals surface area contributed by atoms with Crippen molar-refractivity contribution in [3.8, 4) is 0 Å². The van der Waals surface area contributed by atoms with Crippen molar-refractivity contribution in [1.82, 2.24) is 0 Å². The molecule has 0 radical (unpaired) electrons. The Kier molecular flexibility index (Phi) is 2.60. The van der Waals surface area contributed by atoms with Gasteiger partial charge in [0, 0.05) is 0 Å². The van der Waals surface area contributed by atoms with Crippen LogP contribution in [0.15, 0.2) is 0 Å². The first kappa shape index (κ1) is 11.1. The topological polar surface area (TPSA) is 23.8 Å². The second-order valence-corrected chi connectivity index (χ2v) is 5.92. The Labute approximate surface area is 124 Å². The van der Waals surface area contributed by atoms with Gasteiger partial charge in [0.2, 0.25) is 0 Å². The van der Waals surface area contributed by atoms with Gasteiger partial charge >= 0.3 is 51.4 Å². The van der Waals surface area contributed by atoms with Crippen LogP contribution in [0.25, 0.3) is 5.73 Å². The van der Waals surface area contributed by atoms with E-state index in [1.165, 1.54) is 6.42 Å². The Morgan fingerprint density at radius 1 is 1.23 bits per heavy atom. The number of rotatable bonds is 0. The van der Waals surface area contributed by atoms with Crippen molar-refractivity contribution in [2.24, 2.45) is 35.0 Å². The maximum atomic E-state index is 7.89. The first-order valence-electron chi connectivity index (χ1n) is 5.25. The molecule has 13 heavy (non-hydrogen) atoms. The average Bonchev–Trinajstić information content (AvgIpc) is 1.96. The van der Waals surface area contributed by atoms with E-state index in [-0.39, 0.29) is 51.4 Å². The Bertz CT molecular complexity index is 238. The fourth-order valence-corrected chi connectivity index (χ4v) is 4.48. The van der Waals surface area contributed by atoms with Crippen LogP contribution < -0.4 is 51.4 Å². The van der Waals surface area contributed by atoms with Gasteiger partial charge in [-0.05, 0) is 29.6 Å². The molecule has 6 unspecified atom stereocenters. The largest absolute Gasteiger partial charge is 1.00 e. The summed E-state index contributed by atoms with van der Waals surface area (Å²) in [7, 11) is 0. The van der Waals surface area contributed by atoms with E-state index in [2.05, 4.69) is 20.8 Å². The molecule has 2 heteroatoms. The number of nitrogens with one attached hydrogen (secondary N) is 1. The predicted molar refractivity (Wildman–Crippen MR) is 49.6 cm³/mol. The molecule has 0 aromatic carbocycles. The summed E-state index contributed by atoms with van der Waals surface area (Å²) < 4.78 is 0. The standard InChI is InChI=1S/C11H18N.K/c1-5-7-8(10(5)12)6-4-11(2,3)9(6)7;/h5-10,12H,4H2,1-3H3;/q-1;+1. The van der Waals surface area contributed by atoms with E-state index in [9.17, 15) is 0 Å². The molecule has 0 aromatic rings. The summed E-state index contributed by atoms with van der Waals surface area (Å²) in [5.74, 6) is 4.43. The third kappa shape index (κ3) is 1.11. The van der Waals surface area contributed by atoms with Crippen molar-refractivity contribution in [2.75, 3.05) is 0 Å². The van der Waals surface area contributed by atoms with Gasteiger partial charge in [0.15, 0.2) is 0 Å².